The molecule has 0 aromatic heterocycles. The van der Waals surface area contributed by atoms with E-state index >= 15 is 0 Å². The highest BCUT2D eigenvalue weighted by Crippen LogP contribution is 2.26. The van der Waals surface area contributed by atoms with E-state index in [9.17, 15) is 39.3 Å². The lowest BCUT2D eigenvalue weighted by molar-refractivity contribution is -0.147. The minimum absolute atomic E-state index is 0.0759. The van der Waals surface area contributed by atoms with Gasteiger partial charge in [0.1, 0.15) is 5.60 Å². The van der Waals surface area contributed by atoms with Crippen molar-refractivity contribution in [3.8, 4) is 0 Å². The monoisotopic (exact) mass is 685 g/mol. The van der Waals surface area contributed by atoms with E-state index in [1.165, 1.54) is 0 Å². The molecule has 0 aliphatic rings. The van der Waals surface area contributed by atoms with Gasteiger partial charge in [-0.25, -0.2) is 4.79 Å². The highest BCUT2D eigenvalue weighted by Gasteiger charge is 2.28. The van der Waals surface area contributed by atoms with Gasteiger partial charge in [0.15, 0.2) is 12.2 Å². The van der Waals surface area contributed by atoms with E-state index in [0.29, 0.717) is 0 Å². The van der Waals surface area contributed by atoms with Crippen LogP contribution in [0.15, 0.2) is 72.9 Å². The first-order valence-electron chi connectivity index (χ1n) is 15.6. The number of ether oxygens (including phenoxy) is 2. The molecule has 0 spiro atoms. The summed E-state index contributed by atoms with van der Waals surface area (Å²) in [6, 6.07) is 16.2. The van der Waals surface area contributed by atoms with Gasteiger partial charge in [0.05, 0.1) is 44.2 Å². The number of carbonyl (C=O) groups is 5. The Labute approximate surface area is 285 Å². The normalized spacial score (nSPS) is 13.6. The lowest BCUT2D eigenvalue weighted by Crippen LogP contribution is -2.49. The molecule has 268 valence electrons. The molecule has 0 heterocycles. The molecule has 0 aliphatic heterocycles. The molecule has 9 N–H and O–H groups in total. The summed E-state index contributed by atoms with van der Waals surface area (Å²) in [5, 5.41) is 40.4. The summed E-state index contributed by atoms with van der Waals surface area (Å²) >= 11 is 0. The molecule has 2 aromatic carbocycles. The first-order valence-corrected chi connectivity index (χ1v) is 15.6. The van der Waals surface area contributed by atoms with Crippen LogP contribution in [0.2, 0.25) is 0 Å². The molecule has 0 saturated heterocycles. The first-order chi connectivity index (χ1) is 23.1. The van der Waals surface area contributed by atoms with Crippen molar-refractivity contribution in [2.24, 2.45) is 5.73 Å². The molecular formula is C34H47N5O10. The summed E-state index contributed by atoms with van der Waals surface area (Å²) in [6.07, 6.45) is -6.07. The number of nitrogens with two attached hydrogens (primary N) is 1. The van der Waals surface area contributed by atoms with Crippen molar-refractivity contribution in [3.05, 3.63) is 84.1 Å². The van der Waals surface area contributed by atoms with Crippen molar-refractivity contribution in [2.45, 2.75) is 76.0 Å². The standard InChI is InChI=1S/C34H47N5O10/c1-21(25(18-27(35)42)39-33(47)49-34(2,3)4)37-19-28(43)38-24(20-40)17-26(41)30(45)32(46)36-16-15-29(44)48-31(22-11-7-5-8-12-22)23-13-9-6-10-14-23/h5-14,24-26,30-31,37,40-41,45H,1,15-20H2,2-4H3,(H2,35,42)(H,36,46)(H,38,43)(H,39,47). The fraction of sp³-hybridized carbons (Fsp3) is 0.441. The Kier molecular flexibility index (Phi) is 16.2. The fourth-order valence-corrected chi connectivity index (χ4v) is 4.45. The molecule has 4 unspecified atom stereocenters. The van der Waals surface area contributed by atoms with Crippen LogP contribution in [0.4, 0.5) is 4.79 Å². The highest BCUT2D eigenvalue weighted by molar-refractivity contribution is 5.82. The lowest BCUT2D eigenvalue weighted by Gasteiger charge is -2.25. The molecule has 49 heavy (non-hydrogen) atoms. The molecule has 0 radical (unpaired) electrons. The molecule has 15 heteroatoms. The topological polar surface area (TPSA) is 239 Å². The van der Waals surface area contributed by atoms with E-state index in [1.807, 2.05) is 60.7 Å². The number of carbonyl (C=O) groups excluding carboxylic acids is 5. The summed E-state index contributed by atoms with van der Waals surface area (Å²) in [5.74, 6) is -3.00. The zero-order valence-electron chi connectivity index (χ0n) is 27.9. The average molecular weight is 686 g/mol. The summed E-state index contributed by atoms with van der Waals surface area (Å²) in [7, 11) is 0. The second kappa shape index (κ2) is 19.7. The molecule has 0 saturated carbocycles. The van der Waals surface area contributed by atoms with Crippen molar-refractivity contribution < 1.29 is 48.8 Å². The van der Waals surface area contributed by atoms with E-state index in [-0.39, 0.29) is 25.1 Å². The number of benzene rings is 2. The first kappa shape index (κ1) is 40.2. The summed E-state index contributed by atoms with van der Waals surface area (Å²) < 4.78 is 10.9. The third-order valence-corrected chi connectivity index (χ3v) is 6.82. The number of amides is 4. The van der Waals surface area contributed by atoms with Crippen molar-refractivity contribution >= 4 is 29.8 Å². The molecular weight excluding hydrogens is 638 g/mol. The van der Waals surface area contributed by atoms with Crippen LogP contribution in [0.1, 0.15) is 57.3 Å². The van der Waals surface area contributed by atoms with Crippen LogP contribution in [0.5, 0.6) is 0 Å². The SMILES string of the molecule is C=C(NCC(=O)NC(CO)CC(O)C(O)C(=O)NCCC(=O)OC(c1ccccc1)c1ccccc1)C(CC(N)=O)NC(=O)OC(C)(C)C. The molecule has 0 bridgehead atoms. The number of aliphatic hydroxyl groups is 3. The maximum absolute atomic E-state index is 12.6. The lowest BCUT2D eigenvalue weighted by atomic mass is 10.0. The van der Waals surface area contributed by atoms with Crippen molar-refractivity contribution in [2.75, 3.05) is 19.7 Å². The number of esters is 1. The third kappa shape index (κ3) is 15.2. The van der Waals surface area contributed by atoms with Gasteiger partial charge in [0.2, 0.25) is 11.8 Å². The van der Waals surface area contributed by atoms with E-state index in [0.717, 1.165) is 11.1 Å². The second-order valence-corrected chi connectivity index (χ2v) is 12.2. The second-order valence-electron chi connectivity index (χ2n) is 12.2. The number of primary amides is 1. The van der Waals surface area contributed by atoms with Crippen molar-refractivity contribution in [1.82, 2.24) is 21.3 Å². The Morgan fingerprint density at radius 2 is 1.47 bits per heavy atom. The Hall–Kier alpha value is -4.99. The van der Waals surface area contributed by atoms with Crippen molar-refractivity contribution in [1.29, 1.82) is 0 Å². The van der Waals surface area contributed by atoms with Gasteiger partial charge in [-0.1, -0.05) is 67.2 Å². The minimum Gasteiger partial charge on any atom is -0.452 e. The number of aliphatic hydroxyl groups excluding tert-OH is 3. The van der Waals surface area contributed by atoms with E-state index < -0.39 is 85.4 Å². The predicted molar refractivity (Wildman–Crippen MR) is 178 cm³/mol. The van der Waals surface area contributed by atoms with Gasteiger partial charge < -0.3 is 51.8 Å². The number of alkyl carbamates (subject to hydrolysis) is 1. The maximum Gasteiger partial charge on any atom is 0.408 e. The molecule has 0 aliphatic carbocycles. The summed E-state index contributed by atoms with van der Waals surface area (Å²) in [6.45, 7) is 7.45. The van der Waals surface area contributed by atoms with Gasteiger partial charge in [-0.3, -0.25) is 19.2 Å². The maximum atomic E-state index is 12.6. The van der Waals surface area contributed by atoms with Crippen LogP contribution in [0, 0.1) is 0 Å². The molecule has 15 nitrogen and oxygen atoms in total. The predicted octanol–water partition coefficient (Wildman–Crippen LogP) is 0.287. The molecule has 4 amide bonds. The Morgan fingerprint density at radius 1 is 0.898 bits per heavy atom. The van der Waals surface area contributed by atoms with Crippen molar-refractivity contribution in [3.63, 3.8) is 0 Å². The largest absolute Gasteiger partial charge is 0.452 e. The molecule has 2 aromatic rings. The number of hydrogen-bond acceptors (Lipinski definition) is 11. The zero-order chi connectivity index (χ0) is 36.6. The van der Waals surface area contributed by atoms with Crippen LogP contribution < -0.4 is 27.0 Å². The highest BCUT2D eigenvalue weighted by atomic mass is 16.6. The Bertz CT molecular complexity index is 1360. The van der Waals surface area contributed by atoms with Crippen LogP contribution in [-0.4, -0.2) is 94.7 Å². The Morgan fingerprint density at radius 3 is 1.98 bits per heavy atom. The van der Waals surface area contributed by atoms with Gasteiger partial charge in [-0.2, -0.15) is 0 Å². The average Bonchev–Trinajstić information content (AvgIpc) is 3.04. The molecule has 2 rings (SSSR count). The number of hydrogen-bond donors (Lipinski definition) is 8. The quantitative estimate of drug-likeness (QED) is 0.0935. The number of rotatable bonds is 19. The minimum atomic E-state index is -1.94. The van der Waals surface area contributed by atoms with Gasteiger partial charge in [-0.05, 0) is 38.3 Å². The van der Waals surface area contributed by atoms with E-state index in [1.54, 1.807) is 20.8 Å². The van der Waals surface area contributed by atoms with Gasteiger partial charge in [0, 0.05) is 12.2 Å². The number of nitrogens with one attached hydrogen (secondary N) is 4. The van der Waals surface area contributed by atoms with Crippen LogP contribution in [-0.2, 0) is 28.7 Å². The van der Waals surface area contributed by atoms with Crippen LogP contribution in [0.3, 0.4) is 0 Å². The van der Waals surface area contributed by atoms with Crippen LogP contribution in [0.25, 0.3) is 0 Å². The Balaban J connectivity index is 1.82. The third-order valence-electron chi connectivity index (χ3n) is 6.82. The van der Waals surface area contributed by atoms with Crippen LogP contribution >= 0.6 is 0 Å². The van der Waals surface area contributed by atoms with E-state index in [2.05, 4.69) is 27.8 Å². The molecule has 0 fully saturated rings. The fourth-order valence-electron chi connectivity index (χ4n) is 4.45. The summed E-state index contributed by atoms with van der Waals surface area (Å²) in [4.78, 5) is 61.3. The smallest absolute Gasteiger partial charge is 0.408 e. The zero-order valence-corrected chi connectivity index (χ0v) is 27.9. The van der Waals surface area contributed by atoms with Gasteiger partial charge >= 0.3 is 12.1 Å². The van der Waals surface area contributed by atoms with Gasteiger partial charge in [-0.15, -0.1) is 0 Å². The molecule has 4 atom stereocenters. The van der Waals surface area contributed by atoms with E-state index in [4.69, 9.17) is 15.2 Å². The summed E-state index contributed by atoms with van der Waals surface area (Å²) in [5.41, 5.74) is 6.06. The van der Waals surface area contributed by atoms with Gasteiger partial charge in [0.25, 0.3) is 5.91 Å².